The van der Waals surface area contributed by atoms with Gasteiger partial charge in [-0.1, -0.05) is 0 Å². The summed E-state index contributed by atoms with van der Waals surface area (Å²) in [6, 6.07) is 3.07. The number of nitrogens with two attached hydrogens (primary N) is 1. The molecule has 0 aliphatic carbocycles. The average Bonchev–Trinajstić information content (AvgIpc) is 2.73. The largest absolute Gasteiger partial charge is 0.504 e. The lowest BCUT2D eigenvalue weighted by Gasteiger charge is -2.15. The van der Waals surface area contributed by atoms with E-state index in [4.69, 9.17) is 10.5 Å². The Morgan fingerprint density at radius 2 is 2.05 bits per heavy atom. The Labute approximate surface area is 105 Å². The summed E-state index contributed by atoms with van der Waals surface area (Å²) in [5.74, 6) is -0.678. The normalized spacial score (nSPS) is 11.6. The lowest BCUT2D eigenvalue weighted by molar-refractivity contribution is -0.137. The maximum absolute atomic E-state index is 12.9. The molecule has 5 nitrogen and oxygen atoms in total. The van der Waals surface area contributed by atoms with E-state index in [-0.39, 0.29) is 17.3 Å². The van der Waals surface area contributed by atoms with E-state index in [0.717, 1.165) is 12.1 Å². The van der Waals surface area contributed by atoms with Crippen LogP contribution in [-0.4, -0.2) is 22.4 Å². The summed E-state index contributed by atoms with van der Waals surface area (Å²) in [5, 5.41) is 15.8. The maximum atomic E-state index is 12.9. The van der Waals surface area contributed by atoms with Crippen LogP contribution in [0.1, 0.15) is 5.56 Å². The van der Waals surface area contributed by atoms with Crippen molar-refractivity contribution in [1.29, 1.82) is 0 Å². The van der Waals surface area contributed by atoms with Gasteiger partial charge in [-0.15, -0.1) is 0 Å². The van der Waals surface area contributed by atoms with E-state index in [0.29, 0.717) is 0 Å². The van der Waals surface area contributed by atoms with E-state index in [1.807, 2.05) is 0 Å². The van der Waals surface area contributed by atoms with Gasteiger partial charge in [-0.25, -0.2) is 0 Å². The van der Waals surface area contributed by atoms with Crippen molar-refractivity contribution in [3.63, 3.8) is 0 Å². The number of rotatable bonds is 2. The van der Waals surface area contributed by atoms with Gasteiger partial charge < -0.3 is 15.6 Å². The molecular formula is C11H10F3N3O2. The summed E-state index contributed by atoms with van der Waals surface area (Å²) in [5.41, 5.74) is 3.87. The fourth-order valence-electron chi connectivity index (χ4n) is 1.71. The molecule has 0 saturated heterocycles. The highest BCUT2D eigenvalue weighted by Gasteiger charge is 2.36. The van der Waals surface area contributed by atoms with Crippen molar-refractivity contribution in [2.45, 2.75) is 6.18 Å². The Morgan fingerprint density at radius 1 is 1.37 bits per heavy atom. The topological polar surface area (TPSA) is 84.2 Å². The van der Waals surface area contributed by atoms with Crippen LogP contribution in [0.4, 0.5) is 19.0 Å². The third kappa shape index (κ3) is 2.28. The van der Waals surface area contributed by atoms with Gasteiger partial charge in [0.2, 0.25) is 0 Å². The van der Waals surface area contributed by atoms with E-state index in [1.165, 1.54) is 13.2 Å². The molecule has 0 fully saturated rings. The minimum Gasteiger partial charge on any atom is -0.504 e. The Balaban J connectivity index is 2.74. The van der Waals surface area contributed by atoms with Gasteiger partial charge in [0, 0.05) is 6.07 Å². The van der Waals surface area contributed by atoms with Crippen molar-refractivity contribution in [2.24, 2.45) is 0 Å². The van der Waals surface area contributed by atoms with Crippen molar-refractivity contribution in [2.75, 3.05) is 12.8 Å². The zero-order valence-corrected chi connectivity index (χ0v) is 9.75. The van der Waals surface area contributed by atoms with Gasteiger partial charge in [0.25, 0.3) is 0 Å². The van der Waals surface area contributed by atoms with Crippen LogP contribution in [0.5, 0.6) is 11.5 Å². The highest BCUT2D eigenvalue weighted by Crippen LogP contribution is 2.45. The third-order valence-electron chi connectivity index (χ3n) is 2.53. The molecule has 2 rings (SSSR count). The van der Waals surface area contributed by atoms with Gasteiger partial charge in [0.05, 0.1) is 23.9 Å². The van der Waals surface area contributed by atoms with Gasteiger partial charge in [-0.2, -0.15) is 18.3 Å². The summed E-state index contributed by atoms with van der Waals surface area (Å²) < 4.78 is 43.6. The molecule has 0 atom stereocenters. The smallest absolute Gasteiger partial charge is 0.417 e. The van der Waals surface area contributed by atoms with Gasteiger partial charge in [-0.3, -0.25) is 5.10 Å². The van der Waals surface area contributed by atoms with Crippen molar-refractivity contribution in [3.8, 4) is 22.8 Å². The Morgan fingerprint density at radius 3 is 2.53 bits per heavy atom. The Bertz CT molecular complexity index is 608. The molecule has 1 heterocycles. The summed E-state index contributed by atoms with van der Waals surface area (Å²) in [6.45, 7) is 0. The number of aromatic hydroxyl groups is 1. The molecule has 0 spiro atoms. The zero-order chi connectivity index (χ0) is 14.2. The maximum Gasteiger partial charge on any atom is 0.417 e. The number of phenols is 1. The second-order valence-electron chi connectivity index (χ2n) is 3.74. The minimum absolute atomic E-state index is 0.0188. The minimum atomic E-state index is -4.63. The van der Waals surface area contributed by atoms with Crippen LogP contribution in [0.3, 0.4) is 0 Å². The molecule has 102 valence electrons. The van der Waals surface area contributed by atoms with Crippen molar-refractivity contribution < 1.29 is 23.0 Å². The quantitative estimate of drug-likeness (QED) is 0.784. The molecule has 2 aromatic rings. The Kier molecular flexibility index (Phi) is 3.01. The molecule has 0 radical (unpaired) electrons. The molecule has 0 bridgehead atoms. The fraction of sp³-hybridized carbons (Fsp3) is 0.182. The summed E-state index contributed by atoms with van der Waals surface area (Å²) in [4.78, 5) is 0. The summed E-state index contributed by atoms with van der Waals surface area (Å²) >= 11 is 0. The number of nitrogen functional groups attached to an aromatic ring is 1. The van der Waals surface area contributed by atoms with Gasteiger partial charge in [-0.05, 0) is 12.1 Å². The second kappa shape index (κ2) is 4.38. The first-order valence-corrected chi connectivity index (χ1v) is 5.13. The monoisotopic (exact) mass is 273 g/mol. The first kappa shape index (κ1) is 13.1. The SMILES string of the molecule is COc1ccc(C(F)(F)F)c(-c2cc(N)n[nH]2)c1O. The lowest BCUT2D eigenvalue weighted by atomic mass is 10.0. The van der Waals surface area contributed by atoms with Crippen LogP contribution in [-0.2, 0) is 6.18 Å². The molecule has 4 N–H and O–H groups in total. The number of nitrogens with zero attached hydrogens (tertiary/aromatic N) is 1. The number of hydrogen-bond acceptors (Lipinski definition) is 4. The van der Waals surface area contributed by atoms with E-state index in [1.54, 1.807) is 0 Å². The molecule has 8 heteroatoms. The van der Waals surface area contributed by atoms with Gasteiger partial charge in [0.1, 0.15) is 5.82 Å². The van der Waals surface area contributed by atoms with Crippen LogP contribution >= 0.6 is 0 Å². The number of hydrogen-bond donors (Lipinski definition) is 3. The predicted octanol–water partition coefficient (Wildman–Crippen LogP) is 2.39. The van der Waals surface area contributed by atoms with E-state index < -0.39 is 23.1 Å². The number of halogens is 3. The van der Waals surface area contributed by atoms with Gasteiger partial charge >= 0.3 is 6.18 Å². The number of H-pyrrole nitrogens is 1. The molecule has 19 heavy (non-hydrogen) atoms. The lowest BCUT2D eigenvalue weighted by Crippen LogP contribution is -2.08. The standard InChI is InChI=1S/C11H10F3N3O2/c1-19-7-3-2-5(11(12,13)14)9(10(7)18)6-4-8(15)17-16-6/h2-4,18H,1H3,(H3,15,16,17). The van der Waals surface area contributed by atoms with Crippen molar-refractivity contribution >= 4 is 5.82 Å². The predicted molar refractivity (Wildman–Crippen MR) is 61.7 cm³/mol. The number of ether oxygens (including phenoxy) is 1. The van der Waals surface area contributed by atoms with E-state index in [2.05, 4.69) is 10.2 Å². The molecule has 0 unspecified atom stereocenters. The zero-order valence-electron chi connectivity index (χ0n) is 9.75. The number of benzene rings is 1. The van der Waals surface area contributed by atoms with Crippen LogP contribution in [0.15, 0.2) is 18.2 Å². The van der Waals surface area contributed by atoms with E-state index >= 15 is 0 Å². The molecule has 0 aliphatic heterocycles. The molecule has 0 saturated carbocycles. The van der Waals surface area contributed by atoms with Crippen LogP contribution < -0.4 is 10.5 Å². The molecule has 0 amide bonds. The highest BCUT2D eigenvalue weighted by atomic mass is 19.4. The first-order chi connectivity index (χ1) is 8.84. The second-order valence-corrected chi connectivity index (χ2v) is 3.74. The van der Waals surface area contributed by atoms with Crippen LogP contribution in [0.25, 0.3) is 11.3 Å². The summed E-state index contributed by atoms with van der Waals surface area (Å²) in [7, 11) is 1.24. The van der Waals surface area contributed by atoms with Gasteiger partial charge in [0.15, 0.2) is 11.5 Å². The molecular weight excluding hydrogens is 263 g/mol. The number of aromatic nitrogens is 2. The number of alkyl halides is 3. The number of nitrogens with one attached hydrogen (secondary N) is 1. The summed E-state index contributed by atoms with van der Waals surface area (Å²) in [6.07, 6.45) is -4.63. The number of anilines is 1. The third-order valence-corrected chi connectivity index (χ3v) is 2.53. The van der Waals surface area contributed by atoms with Crippen LogP contribution in [0, 0.1) is 0 Å². The Hall–Kier alpha value is -2.38. The van der Waals surface area contributed by atoms with Crippen molar-refractivity contribution in [3.05, 3.63) is 23.8 Å². The molecule has 1 aromatic heterocycles. The molecule has 1 aromatic carbocycles. The number of phenolic OH excluding ortho intramolecular Hbond substituents is 1. The number of aromatic amines is 1. The van der Waals surface area contributed by atoms with E-state index in [9.17, 15) is 18.3 Å². The average molecular weight is 273 g/mol. The van der Waals surface area contributed by atoms with Crippen molar-refractivity contribution in [1.82, 2.24) is 10.2 Å². The van der Waals surface area contributed by atoms with Crippen LogP contribution in [0.2, 0.25) is 0 Å². The fourth-order valence-corrected chi connectivity index (χ4v) is 1.71. The number of methoxy groups -OCH3 is 1. The molecule has 0 aliphatic rings. The first-order valence-electron chi connectivity index (χ1n) is 5.13. The highest BCUT2D eigenvalue weighted by molar-refractivity contribution is 5.76.